The summed E-state index contributed by atoms with van der Waals surface area (Å²) in [7, 11) is -1.55. The summed E-state index contributed by atoms with van der Waals surface area (Å²) >= 11 is 1.21. The molecular weight excluding hydrogens is 462 g/mol. The molecule has 3 aromatic rings. The zero-order valence-corrected chi connectivity index (χ0v) is 20.1. The number of nitrogens with zero attached hydrogens (tertiary/aromatic N) is 5. The highest BCUT2D eigenvalue weighted by Crippen LogP contribution is 2.28. The summed E-state index contributed by atoms with van der Waals surface area (Å²) < 4.78 is 31.1. The highest BCUT2D eigenvalue weighted by Gasteiger charge is 2.34. The van der Waals surface area contributed by atoms with Crippen LogP contribution in [0.1, 0.15) is 17.5 Å². The van der Waals surface area contributed by atoms with Crippen molar-refractivity contribution in [1.29, 1.82) is 0 Å². The molecule has 2 aromatic carbocycles. The van der Waals surface area contributed by atoms with Crippen LogP contribution in [-0.2, 0) is 21.2 Å². The average Bonchev–Trinajstić information content (AvgIpc) is 3.42. The van der Waals surface area contributed by atoms with Crippen molar-refractivity contribution in [3.63, 3.8) is 0 Å². The molecule has 1 saturated heterocycles. The molecule has 0 saturated carbocycles. The Kier molecular flexibility index (Phi) is 6.99. The van der Waals surface area contributed by atoms with Crippen LogP contribution in [0.4, 0.5) is 0 Å². The van der Waals surface area contributed by atoms with Crippen molar-refractivity contribution in [3.05, 3.63) is 59.7 Å². The van der Waals surface area contributed by atoms with Crippen LogP contribution in [0.5, 0.6) is 5.75 Å². The summed E-state index contributed by atoms with van der Waals surface area (Å²) in [6, 6.07) is 14.9. The number of tetrazole rings is 1. The fourth-order valence-electron chi connectivity index (χ4n) is 3.82. The number of carbonyl (C=O) groups excluding carboxylic acids is 1. The molecule has 0 radical (unpaired) electrons. The molecule has 0 N–H and O–H groups in total. The number of rotatable bonds is 8. The zero-order chi connectivity index (χ0) is 23.4. The highest BCUT2D eigenvalue weighted by atomic mass is 32.2. The van der Waals surface area contributed by atoms with Gasteiger partial charge in [-0.3, -0.25) is 4.79 Å². The lowest BCUT2D eigenvalue weighted by Gasteiger charge is -2.28. The van der Waals surface area contributed by atoms with E-state index in [1.807, 2.05) is 55.5 Å². The van der Waals surface area contributed by atoms with Crippen LogP contribution in [-0.4, -0.2) is 69.8 Å². The molecule has 1 atom stereocenters. The lowest BCUT2D eigenvalue weighted by molar-refractivity contribution is -0.130. The van der Waals surface area contributed by atoms with Crippen LogP contribution in [0.3, 0.4) is 0 Å². The molecule has 1 aliphatic rings. The molecule has 0 bridgehead atoms. The van der Waals surface area contributed by atoms with Crippen molar-refractivity contribution in [2.45, 2.75) is 31.1 Å². The van der Waals surface area contributed by atoms with Gasteiger partial charge in [0.2, 0.25) is 11.1 Å². The minimum atomic E-state index is -3.13. The number of thioether (sulfide) groups is 1. The smallest absolute Gasteiger partial charge is 0.233 e. The first-order valence-electron chi connectivity index (χ1n) is 10.5. The van der Waals surface area contributed by atoms with Gasteiger partial charge in [0.05, 0.1) is 24.4 Å². The number of benzene rings is 2. The van der Waals surface area contributed by atoms with E-state index < -0.39 is 9.84 Å². The van der Waals surface area contributed by atoms with Crippen LogP contribution in [0, 0.1) is 6.92 Å². The third-order valence-electron chi connectivity index (χ3n) is 5.49. The number of hydrogen-bond acceptors (Lipinski definition) is 8. The van der Waals surface area contributed by atoms with Crippen molar-refractivity contribution in [3.8, 4) is 11.4 Å². The van der Waals surface area contributed by atoms with E-state index in [1.165, 1.54) is 11.8 Å². The Hall–Kier alpha value is -2.92. The summed E-state index contributed by atoms with van der Waals surface area (Å²) in [5.74, 6) is 0.640. The van der Waals surface area contributed by atoms with Gasteiger partial charge in [-0.15, -0.1) is 5.10 Å². The maximum atomic E-state index is 13.3. The molecule has 0 unspecified atom stereocenters. The molecule has 4 rings (SSSR count). The maximum absolute atomic E-state index is 13.3. The van der Waals surface area contributed by atoms with Gasteiger partial charge in [0.25, 0.3) is 0 Å². The summed E-state index contributed by atoms with van der Waals surface area (Å²) in [5.41, 5.74) is 2.65. The Labute approximate surface area is 197 Å². The first-order chi connectivity index (χ1) is 15.9. The maximum Gasteiger partial charge on any atom is 0.233 e. The van der Waals surface area contributed by atoms with Gasteiger partial charge in [0, 0.05) is 12.6 Å². The number of amides is 1. The number of methoxy groups -OCH3 is 1. The molecule has 1 aliphatic heterocycles. The van der Waals surface area contributed by atoms with Crippen LogP contribution in [0.2, 0.25) is 0 Å². The van der Waals surface area contributed by atoms with Crippen molar-refractivity contribution in [2.24, 2.45) is 0 Å². The molecular formula is C22H25N5O4S2. The lowest BCUT2D eigenvalue weighted by atomic mass is 10.1. The summed E-state index contributed by atoms with van der Waals surface area (Å²) in [4.78, 5) is 14.9. The second kappa shape index (κ2) is 9.92. The second-order valence-electron chi connectivity index (χ2n) is 7.90. The number of ether oxygens (including phenoxy) is 1. The van der Waals surface area contributed by atoms with E-state index in [4.69, 9.17) is 4.74 Å². The van der Waals surface area contributed by atoms with E-state index in [-0.39, 0.29) is 29.2 Å². The number of sulfone groups is 1. The molecule has 1 aromatic heterocycles. The minimum Gasteiger partial charge on any atom is -0.494 e. The van der Waals surface area contributed by atoms with Gasteiger partial charge in [0.15, 0.2) is 9.84 Å². The largest absolute Gasteiger partial charge is 0.494 e. The van der Waals surface area contributed by atoms with E-state index in [0.717, 1.165) is 11.1 Å². The Morgan fingerprint density at radius 3 is 2.73 bits per heavy atom. The van der Waals surface area contributed by atoms with Crippen LogP contribution in [0.15, 0.2) is 53.7 Å². The van der Waals surface area contributed by atoms with E-state index in [2.05, 4.69) is 15.5 Å². The topological polar surface area (TPSA) is 107 Å². The van der Waals surface area contributed by atoms with E-state index in [1.54, 1.807) is 16.7 Å². The first kappa shape index (κ1) is 23.2. The quantitative estimate of drug-likeness (QED) is 0.446. The van der Waals surface area contributed by atoms with Crippen molar-refractivity contribution >= 4 is 27.5 Å². The number of aryl methyl sites for hydroxylation is 1. The fourth-order valence-corrected chi connectivity index (χ4v) is 6.32. The third-order valence-corrected chi connectivity index (χ3v) is 8.15. The number of carbonyl (C=O) groups is 1. The second-order valence-corrected chi connectivity index (χ2v) is 11.1. The monoisotopic (exact) mass is 487 g/mol. The summed E-state index contributed by atoms with van der Waals surface area (Å²) in [6.45, 7) is 2.32. The molecule has 174 valence electrons. The molecule has 0 spiro atoms. The molecule has 33 heavy (non-hydrogen) atoms. The van der Waals surface area contributed by atoms with Gasteiger partial charge < -0.3 is 9.64 Å². The van der Waals surface area contributed by atoms with Gasteiger partial charge in [-0.2, -0.15) is 4.68 Å². The standard InChI is InChI=1S/C22H25N5O4S2/c1-16-8-9-20(31-2)19(12-16)27-22(23-24-25-27)32-14-21(28)26(13-17-6-4-3-5-7-17)18-10-11-33(29,30)15-18/h3-9,12,18H,10-11,13-15H2,1-2H3/t18-/m0/s1. The van der Waals surface area contributed by atoms with Gasteiger partial charge in [-0.05, 0) is 47.0 Å². The highest BCUT2D eigenvalue weighted by molar-refractivity contribution is 7.99. The van der Waals surface area contributed by atoms with Crippen molar-refractivity contribution in [2.75, 3.05) is 24.4 Å². The molecule has 11 heteroatoms. The lowest BCUT2D eigenvalue weighted by Crippen LogP contribution is -2.41. The van der Waals surface area contributed by atoms with Crippen LogP contribution < -0.4 is 4.74 Å². The Balaban J connectivity index is 1.53. The molecule has 0 aliphatic carbocycles. The van der Waals surface area contributed by atoms with Gasteiger partial charge in [0.1, 0.15) is 11.4 Å². The first-order valence-corrected chi connectivity index (χ1v) is 13.3. The normalized spacial score (nSPS) is 17.1. The van der Waals surface area contributed by atoms with Gasteiger partial charge in [-0.25, -0.2) is 8.42 Å². The Morgan fingerprint density at radius 2 is 2.03 bits per heavy atom. The van der Waals surface area contributed by atoms with Crippen LogP contribution >= 0.6 is 11.8 Å². The Morgan fingerprint density at radius 1 is 1.24 bits per heavy atom. The van der Waals surface area contributed by atoms with Crippen molar-refractivity contribution < 1.29 is 17.9 Å². The zero-order valence-electron chi connectivity index (χ0n) is 18.4. The predicted molar refractivity (Wildman–Crippen MR) is 125 cm³/mol. The molecule has 1 fully saturated rings. The number of aromatic nitrogens is 4. The fraction of sp³-hybridized carbons (Fsp3) is 0.364. The summed E-state index contributed by atoms with van der Waals surface area (Å²) in [5, 5.41) is 12.4. The van der Waals surface area contributed by atoms with E-state index in [0.29, 0.717) is 29.6 Å². The van der Waals surface area contributed by atoms with Gasteiger partial charge in [-0.1, -0.05) is 48.2 Å². The molecule has 9 nitrogen and oxygen atoms in total. The van der Waals surface area contributed by atoms with Crippen LogP contribution in [0.25, 0.3) is 5.69 Å². The summed E-state index contributed by atoms with van der Waals surface area (Å²) in [6.07, 6.45) is 0.448. The van der Waals surface area contributed by atoms with Crippen molar-refractivity contribution in [1.82, 2.24) is 25.1 Å². The SMILES string of the molecule is COc1ccc(C)cc1-n1nnnc1SCC(=O)N(Cc1ccccc1)[C@H]1CCS(=O)(=O)C1. The van der Waals surface area contributed by atoms with E-state index >= 15 is 0 Å². The molecule has 1 amide bonds. The van der Waals surface area contributed by atoms with Gasteiger partial charge >= 0.3 is 0 Å². The van der Waals surface area contributed by atoms with E-state index in [9.17, 15) is 13.2 Å². The predicted octanol–water partition coefficient (Wildman–Crippen LogP) is 2.29. The minimum absolute atomic E-state index is 0.00549. The molecule has 2 heterocycles. The Bertz CT molecular complexity index is 1230. The number of hydrogen-bond donors (Lipinski definition) is 0. The average molecular weight is 488 g/mol. The third kappa shape index (κ3) is 5.53.